The number of hydrazine groups is 1. The van der Waals surface area contributed by atoms with E-state index in [9.17, 15) is 4.39 Å². The average molecular weight is 194 g/mol. The van der Waals surface area contributed by atoms with Crippen molar-refractivity contribution in [3.05, 3.63) is 35.6 Å². The van der Waals surface area contributed by atoms with Gasteiger partial charge in [-0.25, -0.2) is 9.40 Å². The standard InChI is InChI=1S/C11H15FN2/c12-10-6-2-1-5-9(10)11-7-3-4-8-14(11)13/h1-2,5-6,11H,3-4,7-8,13H2. The predicted octanol–water partition coefficient (Wildman–Crippen LogP) is 2.23. The fourth-order valence-corrected chi connectivity index (χ4v) is 2.03. The van der Waals surface area contributed by atoms with Crippen LogP contribution in [0.25, 0.3) is 0 Å². The van der Waals surface area contributed by atoms with Gasteiger partial charge in [0.05, 0.1) is 6.04 Å². The molecule has 14 heavy (non-hydrogen) atoms. The Labute approximate surface area is 83.5 Å². The lowest BCUT2D eigenvalue weighted by Crippen LogP contribution is -2.39. The zero-order valence-corrected chi connectivity index (χ0v) is 8.12. The van der Waals surface area contributed by atoms with Gasteiger partial charge in [-0.1, -0.05) is 24.6 Å². The quantitative estimate of drug-likeness (QED) is 0.694. The minimum Gasteiger partial charge on any atom is -0.268 e. The highest BCUT2D eigenvalue weighted by atomic mass is 19.1. The lowest BCUT2D eigenvalue weighted by molar-refractivity contribution is 0.148. The summed E-state index contributed by atoms with van der Waals surface area (Å²) in [5, 5.41) is 1.75. The molecule has 1 unspecified atom stereocenters. The Kier molecular flexibility index (Phi) is 2.79. The number of hydrogen-bond donors (Lipinski definition) is 1. The van der Waals surface area contributed by atoms with Crippen molar-refractivity contribution in [2.45, 2.75) is 25.3 Å². The van der Waals surface area contributed by atoms with Gasteiger partial charge in [-0.15, -0.1) is 0 Å². The minimum absolute atomic E-state index is 0.0601. The molecule has 76 valence electrons. The van der Waals surface area contributed by atoms with E-state index in [-0.39, 0.29) is 11.9 Å². The van der Waals surface area contributed by atoms with Crippen molar-refractivity contribution in [3.63, 3.8) is 0 Å². The number of piperidine rings is 1. The summed E-state index contributed by atoms with van der Waals surface area (Å²) < 4.78 is 13.5. The molecule has 0 aliphatic carbocycles. The summed E-state index contributed by atoms with van der Waals surface area (Å²) in [5.41, 5.74) is 0.731. The molecule has 3 heteroatoms. The number of rotatable bonds is 1. The van der Waals surface area contributed by atoms with Gasteiger partial charge in [-0.05, 0) is 18.9 Å². The number of halogens is 1. The SMILES string of the molecule is NN1CCCCC1c1ccccc1F. The summed E-state index contributed by atoms with van der Waals surface area (Å²) in [7, 11) is 0. The Morgan fingerprint density at radius 3 is 2.79 bits per heavy atom. The van der Waals surface area contributed by atoms with Crippen molar-refractivity contribution in [1.82, 2.24) is 5.01 Å². The van der Waals surface area contributed by atoms with Gasteiger partial charge in [0, 0.05) is 12.1 Å². The van der Waals surface area contributed by atoms with Crippen LogP contribution in [0.1, 0.15) is 30.9 Å². The highest BCUT2D eigenvalue weighted by Gasteiger charge is 2.23. The van der Waals surface area contributed by atoms with Gasteiger partial charge in [0.2, 0.25) is 0 Å². The van der Waals surface area contributed by atoms with Crippen LogP contribution >= 0.6 is 0 Å². The largest absolute Gasteiger partial charge is 0.268 e. The van der Waals surface area contributed by atoms with Crippen LogP contribution in [0.15, 0.2) is 24.3 Å². The first-order valence-corrected chi connectivity index (χ1v) is 5.05. The molecule has 1 saturated heterocycles. The molecule has 1 fully saturated rings. The Morgan fingerprint density at radius 1 is 1.29 bits per heavy atom. The smallest absolute Gasteiger partial charge is 0.128 e. The zero-order chi connectivity index (χ0) is 9.97. The van der Waals surface area contributed by atoms with E-state index in [0.29, 0.717) is 0 Å². The first kappa shape index (κ1) is 9.62. The summed E-state index contributed by atoms with van der Waals surface area (Å²) in [4.78, 5) is 0. The summed E-state index contributed by atoms with van der Waals surface area (Å²) in [6.07, 6.45) is 3.20. The average Bonchev–Trinajstić information content (AvgIpc) is 2.20. The predicted molar refractivity (Wildman–Crippen MR) is 53.9 cm³/mol. The molecule has 0 amide bonds. The highest BCUT2D eigenvalue weighted by Crippen LogP contribution is 2.29. The molecule has 1 aliphatic heterocycles. The van der Waals surface area contributed by atoms with Crippen LogP contribution < -0.4 is 5.84 Å². The summed E-state index contributed by atoms with van der Waals surface area (Å²) in [6.45, 7) is 0.860. The Bertz CT molecular complexity index is 314. The fourth-order valence-electron chi connectivity index (χ4n) is 2.03. The fraction of sp³-hybridized carbons (Fsp3) is 0.455. The third-order valence-electron chi connectivity index (χ3n) is 2.81. The highest BCUT2D eigenvalue weighted by molar-refractivity contribution is 5.21. The summed E-state index contributed by atoms with van der Waals surface area (Å²) >= 11 is 0. The summed E-state index contributed by atoms with van der Waals surface area (Å²) in [6, 6.07) is 6.96. The number of hydrogen-bond acceptors (Lipinski definition) is 2. The van der Waals surface area contributed by atoms with Crippen molar-refractivity contribution in [2.75, 3.05) is 6.54 Å². The maximum Gasteiger partial charge on any atom is 0.128 e. The molecule has 0 spiro atoms. The van der Waals surface area contributed by atoms with Crippen molar-refractivity contribution in [3.8, 4) is 0 Å². The van der Waals surface area contributed by atoms with Crippen molar-refractivity contribution >= 4 is 0 Å². The van der Waals surface area contributed by atoms with Crippen LogP contribution in [-0.2, 0) is 0 Å². The molecular weight excluding hydrogens is 179 g/mol. The molecule has 0 aromatic heterocycles. The van der Waals surface area contributed by atoms with Crippen molar-refractivity contribution in [2.24, 2.45) is 5.84 Å². The first-order valence-electron chi connectivity index (χ1n) is 5.05. The van der Waals surface area contributed by atoms with E-state index < -0.39 is 0 Å². The first-order chi connectivity index (χ1) is 6.79. The summed E-state index contributed by atoms with van der Waals surface area (Å²) in [5.74, 6) is 5.70. The molecule has 1 atom stereocenters. The molecule has 1 heterocycles. The Hall–Kier alpha value is -0.930. The van der Waals surface area contributed by atoms with Gasteiger partial charge in [-0.2, -0.15) is 0 Å². The van der Waals surface area contributed by atoms with Gasteiger partial charge in [0.1, 0.15) is 5.82 Å². The van der Waals surface area contributed by atoms with Crippen LogP contribution in [0.3, 0.4) is 0 Å². The van der Waals surface area contributed by atoms with E-state index in [0.717, 1.165) is 31.4 Å². The third-order valence-corrected chi connectivity index (χ3v) is 2.81. The van der Waals surface area contributed by atoms with E-state index in [4.69, 9.17) is 5.84 Å². The topological polar surface area (TPSA) is 29.3 Å². The van der Waals surface area contributed by atoms with Gasteiger partial charge in [0.15, 0.2) is 0 Å². The van der Waals surface area contributed by atoms with Crippen LogP contribution in [0.4, 0.5) is 4.39 Å². The normalized spacial score (nSPS) is 23.7. The molecule has 0 saturated carbocycles. The molecule has 1 aromatic rings. The number of nitrogens with two attached hydrogens (primary N) is 1. The van der Waals surface area contributed by atoms with Crippen LogP contribution in [-0.4, -0.2) is 11.6 Å². The maximum absolute atomic E-state index is 13.5. The zero-order valence-electron chi connectivity index (χ0n) is 8.12. The van der Waals surface area contributed by atoms with Gasteiger partial charge in [0.25, 0.3) is 0 Å². The van der Waals surface area contributed by atoms with Crippen LogP contribution in [0.2, 0.25) is 0 Å². The van der Waals surface area contributed by atoms with Crippen molar-refractivity contribution in [1.29, 1.82) is 0 Å². The van der Waals surface area contributed by atoms with E-state index >= 15 is 0 Å². The maximum atomic E-state index is 13.5. The van der Waals surface area contributed by atoms with Gasteiger partial charge < -0.3 is 0 Å². The van der Waals surface area contributed by atoms with Crippen molar-refractivity contribution < 1.29 is 4.39 Å². The van der Waals surface area contributed by atoms with Gasteiger partial charge in [-0.3, -0.25) is 5.84 Å². The molecule has 0 bridgehead atoms. The Morgan fingerprint density at radius 2 is 2.07 bits per heavy atom. The van der Waals surface area contributed by atoms with Crippen LogP contribution in [0, 0.1) is 5.82 Å². The van der Waals surface area contributed by atoms with E-state index in [1.54, 1.807) is 11.1 Å². The van der Waals surface area contributed by atoms with Gasteiger partial charge >= 0.3 is 0 Å². The van der Waals surface area contributed by atoms with E-state index in [1.807, 2.05) is 12.1 Å². The van der Waals surface area contributed by atoms with E-state index in [2.05, 4.69) is 0 Å². The second-order valence-electron chi connectivity index (χ2n) is 3.77. The Balaban J connectivity index is 2.25. The van der Waals surface area contributed by atoms with Crippen LogP contribution in [0.5, 0.6) is 0 Å². The minimum atomic E-state index is -0.144. The second kappa shape index (κ2) is 4.07. The molecule has 2 N–H and O–H groups in total. The number of nitrogens with zero attached hydrogens (tertiary/aromatic N) is 1. The van der Waals surface area contributed by atoms with E-state index in [1.165, 1.54) is 6.07 Å². The third kappa shape index (κ3) is 1.79. The molecule has 2 rings (SSSR count). The molecule has 1 aromatic carbocycles. The monoisotopic (exact) mass is 194 g/mol. The lowest BCUT2D eigenvalue weighted by atomic mass is 9.96. The molecule has 1 aliphatic rings. The number of benzene rings is 1. The molecule has 0 radical (unpaired) electrons. The second-order valence-corrected chi connectivity index (χ2v) is 3.77. The molecular formula is C11H15FN2. The lowest BCUT2D eigenvalue weighted by Gasteiger charge is -2.32. The molecule has 2 nitrogen and oxygen atoms in total.